The molecule has 23 heavy (non-hydrogen) atoms. The van der Waals surface area contributed by atoms with Gasteiger partial charge >= 0.3 is 0 Å². The zero-order valence-electron chi connectivity index (χ0n) is 12.5. The van der Waals surface area contributed by atoms with Crippen LogP contribution in [0.15, 0.2) is 48.5 Å². The number of halogens is 2. The van der Waals surface area contributed by atoms with Gasteiger partial charge in [-0.3, -0.25) is 9.59 Å². The summed E-state index contributed by atoms with van der Waals surface area (Å²) in [5, 5.41) is 5.59. The van der Waals surface area contributed by atoms with Crippen molar-refractivity contribution < 1.29 is 14.0 Å². The van der Waals surface area contributed by atoms with E-state index in [1.54, 1.807) is 43.3 Å². The topological polar surface area (TPSA) is 58.2 Å². The highest BCUT2D eigenvalue weighted by Crippen LogP contribution is 2.14. The summed E-state index contributed by atoms with van der Waals surface area (Å²) in [5.41, 5.74) is 1.08. The number of nitrogens with one attached hydrogen (secondary N) is 2. The van der Waals surface area contributed by atoms with Crippen LogP contribution in [0.1, 0.15) is 22.8 Å². The Balaban J connectivity index is 1.88. The average Bonchev–Trinajstić information content (AvgIpc) is 2.54. The number of hydrogen-bond acceptors (Lipinski definition) is 2. The van der Waals surface area contributed by atoms with Crippen LogP contribution in [0.4, 0.5) is 4.39 Å². The highest BCUT2D eigenvalue weighted by Gasteiger charge is 2.17. The molecule has 0 saturated heterocycles. The smallest absolute Gasteiger partial charge is 0.253 e. The largest absolute Gasteiger partial charge is 0.350 e. The molecule has 0 saturated carbocycles. The summed E-state index contributed by atoms with van der Waals surface area (Å²) in [6.07, 6.45) is 0. The Labute approximate surface area is 138 Å². The van der Waals surface area contributed by atoms with Gasteiger partial charge in [0.05, 0.1) is 10.6 Å². The van der Waals surface area contributed by atoms with E-state index in [-0.39, 0.29) is 18.3 Å². The van der Waals surface area contributed by atoms with Crippen LogP contribution < -0.4 is 10.6 Å². The second-order valence-corrected chi connectivity index (χ2v) is 5.43. The molecule has 4 nitrogen and oxygen atoms in total. The van der Waals surface area contributed by atoms with Gasteiger partial charge in [0.2, 0.25) is 5.91 Å². The molecule has 6 heteroatoms. The Bertz CT molecular complexity index is 704. The van der Waals surface area contributed by atoms with E-state index < -0.39 is 11.9 Å². The molecule has 0 heterocycles. The molecule has 2 aromatic carbocycles. The van der Waals surface area contributed by atoms with Crippen molar-refractivity contribution in [1.82, 2.24) is 10.6 Å². The molecular weight excluding hydrogens is 319 g/mol. The first-order valence-corrected chi connectivity index (χ1v) is 7.42. The lowest BCUT2D eigenvalue weighted by Gasteiger charge is -2.14. The Morgan fingerprint density at radius 3 is 2.43 bits per heavy atom. The summed E-state index contributed by atoms with van der Waals surface area (Å²) in [6.45, 7) is 1.83. The SMILES string of the molecule is CC(NC(=O)c1ccccc1Cl)C(=O)NCc1ccc(F)cc1. The van der Waals surface area contributed by atoms with Crippen molar-refractivity contribution in [3.05, 3.63) is 70.5 Å². The minimum absolute atomic E-state index is 0.255. The van der Waals surface area contributed by atoms with Crippen molar-refractivity contribution >= 4 is 23.4 Å². The maximum Gasteiger partial charge on any atom is 0.253 e. The van der Waals surface area contributed by atoms with Gasteiger partial charge in [0, 0.05) is 6.54 Å². The fourth-order valence-corrected chi connectivity index (χ4v) is 2.15. The van der Waals surface area contributed by atoms with E-state index in [1.165, 1.54) is 12.1 Å². The predicted molar refractivity (Wildman–Crippen MR) is 86.6 cm³/mol. The minimum atomic E-state index is -0.723. The lowest BCUT2D eigenvalue weighted by atomic mass is 10.2. The standard InChI is InChI=1S/C17H16ClFN2O2/c1-11(21-17(23)14-4-2-3-5-15(14)18)16(22)20-10-12-6-8-13(19)9-7-12/h2-9,11H,10H2,1H3,(H,20,22)(H,21,23). The van der Waals surface area contributed by atoms with Crippen LogP contribution in [-0.4, -0.2) is 17.9 Å². The molecule has 2 rings (SSSR count). The van der Waals surface area contributed by atoms with E-state index in [4.69, 9.17) is 11.6 Å². The van der Waals surface area contributed by atoms with Gasteiger partial charge in [-0.05, 0) is 36.8 Å². The molecule has 0 spiro atoms. The van der Waals surface area contributed by atoms with Crippen LogP contribution in [0.2, 0.25) is 5.02 Å². The summed E-state index contributed by atoms with van der Waals surface area (Å²) < 4.78 is 12.8. The average molecular weight is 335 g/mol. The lowest BCUT2D eigenvalue weighted by Crippen LogP contribution is -2.44. The third-order valence-corrected chi connectivity index (χ3v) is 3.57. The van der Waals surface area contributed by atoms with Crippen LogP contribution in [0.3, 0.4) is 0 Å². The molecule has 0 radical (unpaired) electrons. The predicted octanol–water partition coefficient (Wildman–Crippen LogP) is 2.91. The van der Waals surface area contributed by atoms with E-state index in [9.17, 15) is 14.0 Å². The molecule has 0 aromatic heterocycles. The molecule has 0 aliphatic carbocycles. The Morgan fingerprint density at radius 1 is 1.13 bits per heavy atom. The molecule has 2 N–H and O–H groups in total. The summed E-state index contributed by atoms with van der Waals surface area (Å²) in [5.74, 6) is -1.09. The van der Waals surface area contributed by atoms with Gasteiger partial charge in [0.1, 0.15) is 11.9 Å². The van der Waals surface area contributed by atoms with E-state index in [0.717, 1.165) is 5.56 Å². The number of carbonyl (C=O) groups is 2. The first kappa shape index (κ1) is 17.0. The number of benzene rings is 2. The van der Waals surface area contributed by atoms with Crippen molar-refractivity contribution in [1.29, 1.82) is 0 Å². The van der Waals surface area contributed by atoms with Crippen molar-refractivity contribution in [2.24, 2.45) is 0 Å². The van der Waals surface area contributed by atoms with Gasteiger partial charge in [-0.25, -0.2) is 4.39 Å². The number of carbonyl (C=O) groups excluding carboxylic acids is 2. The molecule has 120 valence electrons. The molecular formula is C17H16ClFN2O2. The first-order valence-electron chi connectivity index (χ1n) is 7.05. The summed E-state index contributed by atoms with van der Waals surface area (Å²) in [7, 11) is 0. The van der Waals surface area contributed by atoms with Gasteiger partial charge in [0.15, 0.2) is 0 Å². The molecule has 0 fully saturated rings. The van der Waals surface area contributed by atoms with E-state index in [0.29, 0.717) is 10.6 Å². The lowest BCUT2D eigenvalue weighted by molar-refractivity contribution is -0.122. The maximum atomic E-state index is 12.8. The van der Waals surface area contributed by atoms with Gasteiger partial charge in [-0.15, -0.1) is 0 Å². The van der Waals surface area contributed by atoms with Crippen LogP contribution in [-0.2, 0) is 11.3 Å². The Morgan fingerprint density at radius 2 is 1.78 bits per heavy atom. The van der Waals surface area contributed by atoms with Gasteiger partial charge < -0.3 is 10.6 Å². The first-order chi connectivity index (χ1) is 11.0. The van der Waals surface area contributed by atoms with Crippen LogP contribution in [0.5, 0.6) is 0 Å². The second-order valence-electron chi connectivity index (χ2n) is 5.02. The van der Waals surface area contributed by atoms with Crippen LogP contribution >= 0.6 is 11.6 Å². The van der Waals surface area contributed by atoms with E-state index >= 15 is 0 Å². The molecule has 0 aliphatic rings. The number of amides is 2. The number of rotatable bonds is 5. The van der Waals surface area contributed by atoms with Crippen molar-refractivity contribution in [2.45, 2.75) is 19.5 Å². The molecule has 2 amide bonds. The van der Waals surface area contributed by atoms with Crippen LogP contribution in [0, 0.1) is 5.82 Å². The van der Waals surface area contributed by atoms with Gasteiger partial charge in [-0.1, -0.05) is 35.9 Å². The van der Waals surface area contributed by atoms with Gasteiger partial charge in [-0.2, -0.15) is 0 Å². The van der Waals surface area contributed by atoms with Crippen molar-refractivity contribution in [3.8, 4) is 0 Å². The molecule has 0 bridgehead atoms. The molecule has 2 aromatic rings. The summed E-state index contributed by atoms with van der Waals surface area (Å²) in [6, 6.07) is 11.7. The third-order valence-electron chi connectivity index (χ3n) is 3.24. The quantitative estimate of drug-likeness (QED) is 0.883. The van der Waals surface area contributed by atoms with E-state index in [1.807, 2.05) is 0 Å². The molecule has 1 atom stereocenters. The molecule has 1 unspecified atom stereocenters. The number of hydrogen-bond donors (Lipinski definition) is 2. The van der Waals surface area contributed by atoms with Crippen molar-refractivity contribution in [2.75, 3.05) is 0 Å². The summed E-state index contributed by atoms with van der Waals surface area (Å²) >= 11 is 5.94. The highest BCUT2D eigenvalue weighted by molar-refractivity contribution is 6.33. The zero-order chi connectivity index (χ0) is 16.8. The third kappa shape index (κ3) is 4.79. The highest BCUT2D eigenvalue weighted by atomic mass is 35.5. The normalized spacial score (nSPS) is 11.6. The van der Waals surface area contributed by atoms with E-state index in [2.05, 4.69) is 10.6 Å². The van der Waals surface area contributed by atoms with Gasteiger partial charge in [0.25, 0.3) is 5.91 Å². The molecule has 0 aliphatic heterocycles. The monoisotopic (exact) mass is 334 g/mol. The zero-order valence-corrected chi connectivity index (χ0v) is 13.2. The maximum absolute atomic E-state index is 12.8. The second kappa shape index (κ2) is 7.74. The van der Waals surface area contributed by atoms with Crippen molar-refractivity contribution in [3.63, 3.8) is 0 Å². The van der Waals surface area contributed by atoms with Crippen LogP contribution in [0.25, 0.3) is 0 Å². The summed E-state index contributed by atoms with van der Waals surface area (Å²) in [4.78, 5) is 24.1. The minimum Gasteiger partial charge on any atom is -0.350 e. The fourth-order valence-electron chi connectivity index (χ4n) is 1.93. The Hall–Kier alpha value is -2.40. The fraction of sp³-hybridized carbons (Fsp3) is 0.176. The Kier molecular flexibility index (Phi) is 5.71.